The zero-order valence-electron chi connectivity index (χ0n) is 11.6. The minimum Gasteiger partial charge on any atom is -0.340 e. The number of nitrogens with zero attached hydrogens (tertiary/aromatic N) is 1. The highest BCUT2D eigenvalue weighted by molar-refractivity contribution is 6.10. The van der Waals surface area contributed by atoms with E-state index in [1.165, 1.54) is 0 Å². The molecule has 1 aliphatic rings. The van der Waals surface area contributed by atoms with E-state index in [0.717, 1.165) is 11.3 Å². The van der Waals surface area contributed by atoms with Crippen LogP contribution in [0.2, 0.25) is 0 Å². The van der Waals surface area contributed by atoms with Crippen LogP contribution in [0.1, 0.15) is 21.6 Å². The molecule has 2 N–H and O–H groups in total. The highest BCUT2D eigenvalue weighted by Crippen LogP contribution is 2.22. The van der Waals surface area contributed by atoms with E-state index < -0.39 is 6.04 Å². The number of aryl methyl sites for hydroxylation is 1. The molecule has 2 heterocycles. The SMILES string of the molecule is Cc1cccc2c1C(=O)N[C@H](Cc1ccccn1)C(=O)N2. The Bertz CT molecular complexity index is 698. The van der Waals surface area contributed by atoms with Crippen molar-refractivity contribution in [2.24, 2.45) is 0 Å². The van der Waals surface area contributed by atoms with Crippen molar-refractivity contribution in [2.75, 3.05) is 5.32 Å². The van der Waals surface area contributed by atoms with Gasteiger partial charge in [-0.2, -0.15) is 0 Å². The first-order valence-corrected chi connectivity index (χ1v) is 6.76. The molecular formula is C16H15N3O2. The number of anilines is 1. The van der Waals surface area contributed by atoms with E-state index in [9.17, 15) is 9.59 Å². The minimum absolute atomic E-state index is 0.224. The first kappa shape index (κ1) is 13.3. The van der Waals surface area contributed by atoms with Gasteiger partial charge in [-0.05, 0) is 30.7 Å². The molecule has 106 valence electrons. The van der Waals surface area contributed by atoms with Gasteiger partial charge in [0, 0.05) is 18.3 Å². The van der Waals surface area contributed by atoms with Crippen LogP contribution in [0, 0.1) is 6.92 Å². The third-order valence-electron chi connectivity index (χ3n) is 3.52. The van der Waals surface area contributed by atoms with E-state index in [4.69, 9.17) is 0 Å². The van der Waals surface area contributed by atoms with E-state index in [1.54, 1.807) is 12.3 Å². The zero-order valence-corrected chi connectivity index (χ0v) is 11.6. The first-order valence-electron chi connectivity index (χ1n) is 6.76. The molecule has 1 aromatic heterocycles. The lowest BCUT2D eigenvalue weighted by Gasteiger charge is -2.13. The van der Waals surface area contributed by atoms with Gasteiger partial charge in [0.1, 0.15) is 6.04 Å². The Labute approximate surface area is 122 Å². The van der Waals surface area contributed by atoms with Gasteiger partial charge in [-0.25, -0.2) is 0 Å². The predicted octanol–water partition coefficient (Wildman–Crippen LogP) is 1.68. The summed E-state index contributed by atoms with van der Waals surface area (Å²) in [6.07, 6.45) is 2.04. The van der Waals surface area contributed by atoms with Crippen molar-refractivity contribution in [3.63, 3.8) is 0 Å². The van der Waals surface area contributed by atoms with Crippen molar-refractivity contribution >= 4 is 17.5 Å². The molecule has 21 heavy (non-hydrogen) atoms. The molecule has 5 heteroatoms. The average molecular weight is 281 g/mol. The summed E-state index contributed by atoms with van der Waals surface area (Å²) in [5, 5.41) is 5.60. The number of hydrogen-bond donors (Lipinski definition) is 2. The number of pyridine rings is 1. The van der Waals surface area contributed by atoms with Gasteiger partial charge in [-0.15, -0.1) is 0 Å². The van der Waals surface area contributed by atoms with Gasteiger partial charge in [0.05, 0.1) is 11.3 Å². The van der Waals surface area contributed by atoms with Crippen molar-refractivity contribution in [3.05, 3.63) is 59.4 Å². The molecule has 1 atom stereocenters. The van der Waals surface area contributed by atoms with Crippen LogP contribution in [-0.2, 0) is 11.2 Å². The van der Waals surface area contributed by atoms with E-state index in [1.807, 2.05) is 37.3 Å². The zero-order chi connectivity index (χ0) is 14.8. The van der Waals surface area contributed by atoms with Crippen LogP contribution in [0.25, 0.3) is 0 Å². The topological polar surface area (TPSA) is 71.1 Å². The standard InChI is InChI=1S/C16H15N3O2/c1-10-5-4-7-12-14(10)16(21)19-13(15(20)18-12)9-11-6-2-3-8-17-11/h2-8,13H,9H2,1H3,(H,18,20)(H,19,21)/t13-/m1/s1. The molecule has 0 bridgehead atoms. The quantitative estimate of drug-likeness (QED) is 0.880. The number of aromatic nitrogens is 1. The fourth-order valence-electron chi connectivity index (χ4n) is 2.46. The maximum absolute atomic E-state index is 12.3. The Kier molecular flexibility index (Phi) is 3.39. The molecule has 2 amide bonds. The molecule has 0 saturated carbocycles. The molecule has 0 unspecified atom stereocenters. The molecule has 0 aliphatic carbocycles. The first-order chi connectivity index (χ1) is 10.1. The number of carbonyl (C=O) groups is 2. The fourth-order valence-corrected chi connectivity index (χ4v) is 2.46. The Hall–Kier alpha value is -2.69. The maximum Gasteiger partial charge on any atom is 0.254 e. The summed E-state index contributed by atoms with van der Waals surface area (Å²) in [4.78, 5) is 28.8. The van der Waals surface area contributed by atoms with E-state index in [0.29, 0.717) is 17.7 Å². The lowest BCUT2D eigenvalue weighted by atomic mass is 10.1. The van der Waals surface area contributed by atoms with E-state index in [2.05, 4.69) is 15.6 Å². The highest BCUT2D eigenvalue weighted by Gasteiger charge is 2.28. The van der Waals surface area contributed by atoms with Gasteiger partial charge in [0.2, 0.25) is 5.91 Å². The lowest BCUT2D eigenvalue weighted by molar-refractivity contribution is -0.117. The van der Waals surface area contributed by atoms with Crippen molar-refractivity contribution in [1.82, 2.24) is 10.3 Å². The largest absolute Gasteiger partial charge is 0.340 e. The number of fused-ring (bicyclic) bond motifs is 1. The summed E-state index contributed by atoms with van der Waals surface area (Å²) in [5.41, 5.74) is 2.68. The summed E-state index contributed by atoms with van der Waals surface area (Å²) >= 11 is 0. The Morgan fingerprint density at radius 2 is 2.00 bits per heavy atom. The van der Waals surface area contributed by atoms with Crippen LogP contribution in [0.4, 0.5) is 5.69 Å². The number of carbonyl (C=O) groups excluding carboxylic acids is 2. The smallest absolute Gasteiger partial charge is 0.254 e. The van der Waals surface area contributed by atoms with Crippen molar-refractivity contribution in [1.29, 1.82) is 0 Å². The number of hydrogen-bond acceptors (Lipinski definition) is 3. The molecule has 3 rings (SSSR count). The predicted molar refractivity (Wildman–Crippen MR) is 79.0 cm³/mol. The normalized spacial score (nSPS) is 17.5. The van der Waals surface area contributed by atoms with Gasteiger partial charge >= 0.3 is 0 Å². The molecule has 5 nitrogen and oxygen atoms in total. The summed E-state index contributed by atoms with van der Waals surface area (Å²) in [6, 6.07) is 10.3. The van der Waals surface area contributed by atoms with Gasteiger partial charge < -0.3 is 10.6 Å². The summed E-state index contributed by atoms with van der Waals surface area (Å²) in [7, 11) is 0. The Morgan fingerprint density at radius 1 is 1.14 bits per heavy atom. The van der Waals surface area contributed by atoms with Crippen LogP contribution in [0.3, 0.4) is 0 Å². The monoisotopic (exact) mass is 281 g/mol. The molecule has 0 fully saturated rings. The van der Waals surface area contributed by atoms with Crippen LogP contribution < -0.4 is 10.6 Å². The molecule has 1 aromatic carbocycles. The lowest BCUT2D eigenvalue weighted by Crippen LogP contribution is -2.42. The van der Waals surface area contributed by atoms with Crippen LogP contribution in [0.15, 0.2) is 42.6 Å². The van der Waals surface area contributed by atoms with Crippen molar-refractivity contribution in [3.8, 4) is 0 Å². The second-order valence-corrected chi connectivity index (χ2v) is 5.04. The number of benzene rings is 1. The number of amides is 2. The van der Waals surface area contributed by atoms with Gasteiger partial charge in [0.15, 0.2) is 0 Å². The van der Waals surface area contributed by atoms with E-state index in [-0.39, 0.29) is 11.8 Å². The average Bonchev–Trinajstić information content (AvgIpc) is 2.58. The number of nitrogens with one attached hydrogen (secondary N) is 2. The maximum atomic E-state index is 12.3. The second kappa shape index (κ2) is 5.36. The molecule has 0 saturated heterocycles. The summed E-state index contributed by atoms with van der Waals surface area (Å²) < 4.78 is 0. The fraction of sp³-hybridized carbons (Fsp3) is 0.188. The molecule has 0 spiro atoms. The third kappa shape index (κ3) is 2.63. The summed E-state index contributed by atoms with van der Waals surface area (Å²) in [6.45, 7) is 1.85. The summed E-state index contributed by atoms with van der Waals surface area (Å²) in [5.74, 6) is -0.458. The van der Waals surface area contributed by atoms with Gasteiger partial charge in [0.25, 0.3) is 5.91 Å². The van der Waals surface area contributed by atoms with Gasteiger partial charge in [-0.3, -0.25) is 14.6 Å². The molecule has 1 aliphatic heterocycles. The molecule has 0 radical (unpaired) electrons. The number of rotatable bonds is 2. The van der Waals surface area contributed by atoms with Crippen molar-refractivity contribution in [2.45, 2.75) is 19.4 Å². The van der Waals surface area contributed by atoms with Crippen LogP contribution in [0.5, 0.6) is 0 Å². The molecular weight excluding hydrogens is 266 g/mol. The van der Waals surface area contributed by atoms with Crippen LogP contribution in [-0.4, -0.2) is 22.8 Å². The van der Waals surface area contributed by atoms with Gasteiger partial charge in [-0.1, -0.05) is 18.2 Å². The second-order valence-electron chi connectivity index (χ2n) is 5.04. The minimum atomic E-state index is -0.626. The Balaban J connectivity index is 1.90. The van der Waals surface area contributed by atoms with Crippen LogP contribution >= 0.6 is 0 Å². The molecule has 2 aromatic rings. The van der Waals surface area contributed by atoms with E-state index >= 15 is 0 Å². The highest BCUT2D eigenvalue weighted by atomic mass is 16.2. The van der Waals surface area contributed by atoms with Crippen molar-refractivity contribution < 1.29 is 9.59 Å². The third-order valence-corrected chi connectivity index (χ3v) is 3.52. The Morgan fingerprint density at radius 3 is 2.76 bits per heavy atom.